The van der Waals surface area contributed by atoms with E-state index in [1.807, 2.05) is 36.3 Å². The van der Waals surface area contributed by atoms with Gasteiger partial charge in [-0.25, -0.2) is 9.78 Å². The van der Waals surface area contributed by atoms with Crippen LogP contribution in [0.5, 0.6) is 5.88 Å². The van der Waals surface area contributed by atoms with Crippen molar-refractivity contribution in [3.63, 3.8) is 0 Å². The summed E-state index contributed by atoms with van der Waals surface area (Å²) in [6, 6.07) is 5.76. The number of amides is 1. The van der Waals surface area contributed by atoms with Crippen molar-refractivity contribution in [1.29, 1.82) is 0 Å². The predicted octanol–water partition coefficient (Wildman–Crippen LogP) is 5.53. The van der Waals surface area contributed by atoms with E-state index >= 15 is 0 Å². The van der Waals surface area contributed by atoms with Crippen LogP contribution in [0.4, 0.5) is 33.8 Å². The highest BCUT2D eigenvalue weighted by Gasteiger charge is 2.32. The third kappa shape index (κ3) is 6.81. The minimum Gasteiger partial charge on any atom is -0.479 e. The van der Waals surface area contributed by atoms with Gasteiger partial charge in [0.15, 0.2) is 0 Å². The second kappa shape index (κ2) is 13.8. The summed E-state index contributed by atoms with van der Waals surface area (Å²) >= 11 is 3.56. The third-order valence-electron chi connectivity index (χ3n) is 8.78. The van der Waals surface area contributed by atoms with Crippen molar-refractivity contribution in [3.8, 4) is 17.0 Å². The van der Waals surface area contributed by atoms with Gasteiger partial charge in [-0.05, 0) is 66.7 Å². The van der Waals surface area contributed by atoms with Gasteiger partial charge in [-0.15, -0.1) is 0 Å². The summed E-state index contributed by atoms with van der Waals surface area (Å²) in [6.45, 7) is 6.04. The Morgan fingerprint density at radius 3 is 2.54 bits per heavy atom. The zero-order valence-corrected chi connectivity index (χ0v) is 30.6. The number of carbonyl (C=O) groups excluding carboxylic acids is 1. The van der Waals surface area contributed by atoms with E-state index in [9.17, 15) is 9.36 Å². The molecule has 1 amide bonds. The first-order valence-corrected chi connectivity index (χ1v) is 19.6. The number of pyridine rings is 1. The van der Waals surface area contributed by atoms with E-state index in [-0.39, 0.29) is 18.1 Å². The van der Waals surface area contributed by atoms with Crippen LogP contribution in [0.2, 0.25) is 0 Å². The van der Waals surface area contributed by atoms with Gasteiger partial charge in [-0.1, -0.05) is 0 Å². The topological polar surface area (TPSA) is 165 Å². The highest BCUT2D eigenvalue weighted by Crippen LogP contribution is 2.42. The SMILES string of the molecule is COc1nc(N2CCC(N3CCCOC3=O)CC2)c(-c2cnn(C)c2)cc1Nc1ncc(Br)c(Nc2ccc3nccnc3c2P(C)(C)=O)n1. The van der Waals surface area contributed by atoms with Gasteiger partial charge in [-0.3, -0.25) is 14.6 Å². The summed E-state index contributed by atoms with van der Waals surface area (Å²) in [7, 11) is 0.651. The van der Waals surface area contributed by atoms with Gasteiger partial charge in [-0.2, -0.15) is 15.1 Å². The standard InChI is InChI=1S/C33H37BrN11O4P/c1-43-19-20(17-38-43)22-16-26(31(48-2)42-30(22)44-13-8-21(9-14-44)45-12-5-15-49-33(45)46)40-32-37-18-23(34)29(41-32)39-25-7-6-24-27(36-11-10-35-24)28(25)50(3,4)47/h6-7,10-11,16-19,21H,5,8-9,12-15H2,1-4H3,(H2,37,39,40,41). The van der Waals surface area contributed by atoms with Crippen LogP contribution in [0.1, 0.15) is 19.3 Å². The Morgan fingerprint density at radius 2 is 1.82 bits per heavy atom. The maximum Gasteiger partial charge on any atom is 0.410 e. The number of nitrogens with one attached hydrogen (secondary N) is 2. The zero-order valence-electron chi connectivity index (χ0n) is 28.1. The lowest BCUT2D eigenvalue weighted by Crippen LogP contribution is -2.50. The van der Waals surface area contributed by atoms with E-state index in [0.29, 0.717) is 63.6 Å². The Balaban J connectivity index is 1.20. The number of aryl methyl sites for hydroxylation is 1. The monoisotopic (exact) mass is 761 g/mol. The van der Waals surface area contributed by atoms with E-state index in [2.05, 4.69) is 51.5 Å². The number of ether oxygens (including phenoxy) is 2. The number of cyclic esters (lactones) is 1. The Morgan fingerprint density at radius 1 is 1.02 bits per heavy atom. The number of carbonyl (C=O) groups is 1. The lowest BCUT2D eigenvalue weighted by Gasteiger charge is -2.40. The molecule has 2 aliphatic rings. The minimum atomic E-state index is -2.79. The summed E-state index contributed by atoms with van der Waals surface area (Å²) in [6.07, 6.45) is 10.8. The molecule has 50 heavy (non-hydrogen) atoms. The van der Waals surface area contributed by atoms with E-state index in [4.69, 9.17) is 19.4 Å². The fourth-order valence-corrected chi connectivity index (χ4v) is 8.15. The molecular weight excluding hydrogens is 725 g/mol. The molecule has 2 aliphatic heterocycles. The number of rotatable bonds is 9. The maximum absolute atomic E-state index is 13.5. The molecule has 0 atom stereocenters. The molecule has 0 aliphatic carbocycles. The van der Waals surface area contributed by atoms with Crippen LogP contribution in [0.3, 0.4) is 0 Å². The second-order valence-electron chi connectivity index (χ2n) is 12.6. The van der Waals surface area contributed by atoms with Crippen molar-refractivity contribution in [1.82, 2.24) is 39.6 Å². The fraction of sp³-hybridized carbons (Fsp3) is 0.364. The average molecular weight is 763 g/mol. The summed E-state index contributed by atoms with van der Waals surface area (Å²) in [5, 5.41) is 11.6. The highest BCUT2D eigenvalue weighted by atomic mass is 79.9. The Hall–Kier alpha value is -4.82. The number of aromatic nitrogens is 7. The fourth-order valence-electron chi connectivity index (χ4n) is 6.47. The van der Waals surface area contributed by atoms with Crippen LogP contribution < -0.4 is 25.6 Å². The van der Waals surface area contributed by atoms with Crippen molar-refractivity contribution in [2.45, 2.75) is 25.3 Å². The number of hydrogen-bond acceptors (Lipinski definition) is 13. The van der Waals surface area contributed by atoms with Gasteiger partial charge in [0.05, 0.1) is 40.9 Å². The summed E-state index contributed by atoms with van der Waals surface area (Å²) in [4.78, 5) is 39.6. The molecule has 0 spiro atoms. The molecule has 15 nitrogen and oxygen atoms in total. The molecule has 2 fully saturated rings. The van der Waals surface area contributed by atoms with Gasteiger partial charge in [0.25, 0.3) is 0 Å². The number of methoxy groups -OCH3 is 1. The number of hydrogen-bond donors (Lipinski definition) is 2. The quantitative estimate of drug-likeness (QED) is 0.180. The molecule has 0 saturated carbocycles. The van der Waals surface area contributed by atoms with Crippen molar-refractivity contribution in [2.75, 3.05) is 62.2 Å². The molecule has 0 unspecified atom stereocenters. The van der Waals surface area contributed by atoms with Gasteiger partial charge >= 0.3 is 6.09 Å². The molecule has 7 rings (SSSR count). The third-order valence-corrected chi connectivity index (χ3v) is 10.9. The molecule has 1 aromatic carbocycles. The molecule has 0 bridgehead atoms. The molecule has 2 N–H and O–H groups in total. The first-order chi connectivity index (χ1) is 24.1. The first kappa shape index (κ1) is 33.7. The number of nitrogens with zero attached hydrogens (tertiary/aromatic N) is 9. The van der Waals surface area contributed by atoms with E-state index < -0.39 is 7.14 Å². The largest absolute Gasteiger partial charge is 0.479 e. The smallest absolute Gasteiger partial charge is 0.410 e. The number of benzene rings is 1. The van der Waals surface area contributed by atoms with Crippen molar-refractivity contribution in [3.05, 3.63) is 53.7 Å². The number of anilines is 5. The van der Waals surface area contributed by atoms with Crippen LogP contribution >= 0.6 is 23.1 Å². The minimum absolute atomic E-state index is 0.126. The molecule has 5 aromatic rings. The predicted molar refractivity (Wildman–Crippen MR) is 196 cm³/mol. The van der Waals surface area contributed by atoms with Crippen LogP contribution in [-0.2, 0) is 16.3 Å². The van der Waals surface area contributed by atoms with Crippen molar-refractivity contribution in [2.24, 2.45) is 7.05 Å². The van der Waals surface area contributed by atoms with Gasteiger partial charge in [0.1, 0.15) is 30.0 Å². The van der Waals surface area contributed by atoms with Gasteiger partial charge in [0.2, 0.25) is 11.8 Å². The summed E-state index contributed by atoms with van der Waals surface area (Å²) in [5.74, 6) is 1.86. The van der Waals surface area contributed by atoms with Crippen LogP contribution in [-0.4, -0.2) is 98.4 Å². The zero-order chi connectivity index (χ0) is 35.0. The molecule has 4 aromatic heterocycles. The van der Waals surface area contributed by atoms with E-state index in [1.165, 1.54) is 0 Å². The van der Waals surface area contributed by atoms with Crippen LogP contribution in [0.15, 0.2) is 53.7 Å². The highest BCUT2D eigenvalue weighted by molar-refractivity contribution is 9.10. The Labute approximate surface area is 297 Å². The van der Waals surface area contributed by atoms with Crippen molar-refractivity contribution < 1.29 is 18.8 Å². The van der Waals surface area contributed by atoms with Crippen LogP contribution in [0.25, 0.3) is 22.2 Å². The molecule has 2 saturated heterocycles. The molecule has 260 valence electrons. The average Bonchev–Trinajstić information content (AvgIpc) is 3.55. The second-order valence-corrected chi connectivity index (χ2v) is 16.6. The maximum atomic E-state index is 13.5. The Bertz CT molecular complexity index is 2120. The number of piperidine rings is 1. The number of fused-ring (bicyclic) bond motifs is 1. The normalized spacial score (nSPS) is 15.7. The lowest BCUT2D eigenvalue weighted by atomic mass is 10.0. The molecule has 0 radical (unpaired) electrons. The van der Waals surface area contributed by atoms with Gasteiger partial charge < -0.3 is 34.5 Å². The van der Waals surface area contributed by atoms with E-state index in [0.717, 1.165) is 42.8 Å². The molecular formula is C33H37BrN11O4P. The van der Waals surface area contributed by atoms with Crippen LogP contribution in [0, 0.1) is 0 Å². The first-order valence-electron chi connectivity index (χ1n) is 16.2. The summed E-state index contributed by atoms with van der Waals surface area (Å²) in [5.41, 5.74) is 4.15. The molecule has 6 heterocycles. The summed E-state index contributed by atoms with van der Waals surface area (Å²) < 4.78 is 26.9. The van der Waals surface area contributed by atoms with Gasteiger partial charge in [0, 0.05) is 68.6 Å². The van der Waals surface area contributed by atoms with E-state index in [1.54, 1.807) is 49.9 Å². The van der Waals surface area contributed by atoms with Crippen molar-refractivity contribution >= 4 is 74.5 Å². The lowest BCUT2D eigenvalue weighted by molar-refractivity contribution is 0.0499. The molecule has 17 heteroatoms. The Kier molecular flexibility index (Phi) is 9.31. The number of halogens is 1.